The highest BCUT2D eigenvalue weighted by molar-refractivity contribution is 5.97. The van der Waals surface area contributed by atoms with Gasteiger partial charge in [-0.05, 0) is 49.5 Å². The Bertz CT molecular complexity index is 504. The summed E-state index contributed by atoms with van der Waals surface area (Å²) < 4.78 is 12.8. The molecule has 116 valence electrons. The molecule has 1 unspecified atom stereocenters. The first kappa shape index (κ1) is 17.4. The molecule has 1 aromatic rings. The summed E-state index contributed by atoms with van der Waals surface area (Å²) in [6.45, 7) is 7.95. The summed E-state index contributed by atoms with van der Waals surface area (Å²) in [6, 6.07) is 5.98. The summed E-state index contributed by atoms with van der Waals surface area (Å²) in [5, 5.41) is 12.3. The van der Waals surface area contributed by atoms with Gasteiger partial charge < -0.3 is 10.4 Å². The molecular weight excluding hydrogens is 269 g/mol. The maximum absolute atomic E-state index is 12.8. The molecule has 1 rings (SSSR count). The van der Waals surface area contributed by atoms with Crippen molar-refractivity contribution in [1.29, 1.82) is 0 Å². The minimum atomic E-state index is -0.396. The molecule has 0 heterocycles. The third-order valence-electron chi connectivity index (χ3n) is 3.19. The average Bonchev–Trinajstić information content (AvgIpc) is 2.37. The highest BCUT2D eigenvalue weighted by Crippen LogP contribution is 2.21. The summed E-state index contributed by atoms with van der Waals surface area (Å²) in [5.74, 6) is -0.452. The van der Waals surface area contributed by atoms with E-state index in [1.165, 1.54) is 12.1 Å². The number of hydrogen-bond acceptors (Lipinski definition) is 2. The first-order chi connectivity index (χ1) is 9.69. The van der Waals surface area contributed by atoms with Gasteiger partial charge in [-0.3, -0.25) is 4.79 Å². The van der Waals surface area contributed by atoms with E-state index in [2.05, 4.69) is 5.32 Å². The number of carbonyl (C=O) groups is 1. The number of carbonyl (C=O) groups excluding carboxylic acids is 1. The Balaban J connectivity index is 2.60. The molecule has 0 bridgehead atoms. The van der Waals surface area contributed by atoms with E-state index in [1.807, 2.05) is 13.8 Å². The molecule has 2 N–H and O–H groups in total. The van der Waals surface area contributed by atoms with Crippen molar-refractivity contribution >= 4 is 12.0 Å². The van der Waals surface area contributed by atoms with Crippen molar-refractivity contribution in [3.05, 3.63) is 41.2 Å². The number of aliphatic hydroxyl groups excluding tert-OH is 1. The molecule has 1 atom stereocenters. The summed E-state index contributed by atoms with van der Waals surface area (Å²) in [5.41, 5.74) is 1.18. The molecule has 0 aliphatic heterocycles. The summed E-state index contributed by atoms with van der Waals surface area (Å²) in [6.07, 6.45) is 1.94. The van der Waals surface area contributed by atoms with Gasteiger partial charge in [0.2, 0.25) is 5.91 Å². The fraction of sp³-hybridized carbons (Fsp3) is 0.471. The van der Waals surface area contributed by atoms with Gasteiger partial charge in [-0.1, -0.05) is 26.0 Å². The lowest BCUT2D eigenvalue weighted by molar-refractivity contribution is -0.117. The molecule has 0 fully saturated rings. The van der Waals surface area contributed by atoms with Crippen molar-refractivity contribution in [2.75, 3.05) is 6.54 Å². The van der Waals surface area contributed by atoms with Gasteiger partial charge in [0.15, 0.2) is 0 Å². The Morgan fingerprint density at radius 3 is 2.48 bits per heavy atom. The second-order valence-corrected chi connectivity index (χ2v) is 6.28. The standard InChI is InChI=1S/C17H24FNO2/c1-12(9-14-5-7-15(18)8-6-14)16(21)19-11-17(3,4)10-13(2)20/h5-9,13,20H,10-11H2,1-4H3,(H,19,21). The second kappa shape index (κ2) is 7.36. The molecule has 4 heteroatoms. The average molecular weight is 293 g/mol. The first-order valence-corrected chi connectivity index (χ1v) is 7.10. The van der Waals surface area contributed by atoms with Crippen molar-refractivity contribution < 1.29 is 14.3 Å². The van der Waals surface area contributed by atoms with E-state index in [-0.39, 0.29) is 17.1 Å². The molecule has 3 nitrogen and oxygen atoms in total. The number of rotatable bonds is 6. The van der Waals surface area contributed by atoms with Crippen molar-refractivity contribution in [3.63, 3.8) is 0 Å². The van der Waals surface area contributed by atoms with Crippen LogP contribution in [0.2, 0.25) is 0 Å². The van der Waals surface area contributed by atoms with Gasteiger partial charge in [0, 0.05) is 12.1 Å². The molecule has 1 amide bonds. The molecule has 21 heavy (non-hydrogen) atoms. The second-order valence-electron chi connectivity index (χ2n) is 6.28. The smallest absolute Gasteiger partial charge is 0.246 e. The Labute approximate surface area is 125 Å². The van der Waals surface area contributed by atoms with Crippen LogP contribution in [0.1, 0.15) is 39.7 Å². The minimum absolute atomic E-state index is 0.155. The Kier molecular flexibility index (Phi) is 6.09. The number of hydrogen-bond donors (Lipinski definition) is 2. The molecule has 0 saturated carbocycles. The van der Waals surface area contributed by atoms with E-state index >= 15 is 0 Å². The van der Waals surface area contributed by atoms with Gasteiger partial charge in [0.05, 0.1) is 6.10 Å². The summed E-state index contributed by atoms with van der Waals surface area (Å²) in [4.78, 5) is 12.0. The zero-order valence-electron chi connectivity index (χ0n) is 13.1. The molecule has 1 aromatic carbocycles. The van der Waals surface area contributed by atoms with E-state index in [9.17, 15) is 14.3 Å². The quantitative estimate of drug-likeness (QED) is 0.792. The van der Waals surface area contributed by atoms with Crippen LogP contribution in [0.25, 0.3) is 6.08 Å². The number of aliphatic hydroxyl groups is 1. The SMILES string of the molecule is CC(=Cc1ccc(F)cc1)C(=O)NCC(C)(C)CC(C)O. The number of halogens is 1. The van der Waals surface area contributed by atoms with Crippen molar-refractivity contribution in [2.45, 2.75) is 40.2 Å². The van der Waals surface area contributed by atoms with Crippen LogP contribution in [0.4, 0.5) is 4.39 Å². The lowest BCUT2D eigenvalue weighted by Crippen LogP contribution is -2.36. The predicted octanol–water partition coefficient (Wildman–Crippen LogP) is 3.14. The van der Waals surface area contributed by atoms with Crippen molar-refractivity contribution in [1.82, 2.24) is 5.32 Å². The Morgan fingerprint density at radius 2 is 1.95 bits per heavy atom. The molecule has 0 spiro atoms. The monoisotopic (exact) mass is 293 g/mol. The van der Waals surface area contributed by atoms with Crippen molar-refractivity contribution in [3.8, 4) is 0 Å². The van der Waals surface area contributed by atoms with Gasteiger partial charge in [-0.2, -0.15) is 0 Å². The number of nitrogens with one attached hydrogen (secondary N) is 1. The summed E-state index contributed by atoms with van der Waals surface area (Å²) in [7, 11) is 0. The van der Waals surface area contributed by atoms with Crippen LogP contribution in [-0.4, -0.2) is 23.7 Å². The van der Waals surface area contributed by atoms with Gasteiger partial charge >= 0.3 is 0 Å². The number of benzene rings is 1. The molecule has 0 aliphatic carbocycles. The Morgan fingerprint density at radius 1 is 1.38 bits per heavy atom. The largest absolute Gasteiger partial charge is 0.393 e. The van der Waals surface area contributed by atoms with Crippen LogP contribution in [-0.2, 0) is 4.79 Å². The zero-order valence-corrected chi connectivity index (χ0v) is 13.1. The van der Waals surface area contributed by atoms with Crippen LogP contribution >= 0.6 is 0 Å². The van der Waals surface area contributed by atoms with E-state index in [0.29, 0.717) is 18.5 Å². The van der Waals surface area contributed by atoms with E-state index in [1.54, 1.807) is 32.1 Å². The summed E-state index contributed by atoms with van der Waals surface area (Å²) >= 11 is 0. The van der Waals surface area contributed by atoms with Gasteiger partial charge in [0.25, 0.3) is 0 Å². The topological polar surface area (TPSA) is 49.3 Å². The van der Waals surface area contributed by atoms with Gasteiger partial charge in [0.1, 0.15) is 5.82 Å². The van der Waals surface area contributed by atoms with Crippen LogP contribution in [0.3, 0.4) is 0 Å². The third kappa shape index (κ3) is 6.54. The molecule has 0 radical (unpaired) electrons. The van der Waals surface area contributed by atoms with Crippen LogP contribution in [0.15, 0.2) is 29.8 Å². The highest BCUT2D eigenvalue weighted by atomic mass is 19.1. The van der Waals surface area contributed by atoms with Crippen LogP contribution in [0.5, 0.6) is 0 Å². The predicted molar refractivity (Wildman–Crippen MR) is 83.1 cm³/mol. The first-order valence-electron chi connectivity index (χ1n) is 7.10. The van der Waals surface area contributed by atoms with E-state index in [4.69, 9.17) is 0 Å². The minimum Gasteiger partial charge on any atom is -0.393 e. The van der Waals surface area contributed by atoms with E-state index < -0.39 is 6.10 Å². The lowest BCUT2D eigenvalue weighted by atomic mass is 9.87. The van der Waals surface area contributed by atoms with Crippen LogP contribution < -0.4 is 5.32 Å². The highest BCUT2D eigenvalue weighted by Gasteiger charge is 2.21. The maximum Gasteiger partial charge on any atom is 0.246 e. The van der Waals surface area contributed by atoms with Gasteiger partial charge in [-0.15, -0.1) is 0 Å². The van der Waals surface area contributed by atoms with E-state index in [0.717, 1.165) is 5.56 Å². The fourth-order valence-corrected chi connectivity index (χ4v) is 2.21. The lowest BCUT2D eigenvalue weighted by Gasteiger charge is -2.26. The Hall–Kier alpha value is -1.68. The molecule has 0 saturated heterocycles. The van der Waals surface area contributed by atoms with Gasteiger partial charge in [-0.25, -0.2) is 4.39 Å². The third-order valence-corrected chi connectivity index (χ3v) is 3.19. The zero-order chi connectivity index (χ0) is 16.0. The normalized spacial score (nSPS) is 13.9. The van der Waals surface area contributed by atoms with Crippen molar-refractivity contribution in [2.24, 2.45) is 5.41 Å². The van der Waals surface area contributed by atoms with Crippen LogP contribution in [0, 0.1) is 11.2 Å². The molecule has 0 aliphatic rings. The molecule has 0 aromatic heterocycles. The molecular formula is C17H24FNO2. The number of amides is 1. The fourth-order valence-electron chi connectivity index (χ4n) is 2.21. The maximum atomic E-state index is 12.8.